The number of nitrogens with zero attached hydrogens (tertiary/aromatic N) is 7. The van der Waals surface area contributed by atoms with Crippen LogP contribution in [-0.2, 0) is 9.63 Å². The second-order valence-corrected chi connectivity index (χ2v) is 9.80. The van der Waals surface area contributed by atoms with Crippen LogP contribution in [0, 0.1) is 0 Å². The lowest BCUT2D eigenvalue weighted by molar-refractivity contribution is -0.160. The Kier molecular flexibility index (Phi) is 10.7. The predicted octanol–water partition coefficient (Wildman–Crippen LogP) is 4.21. The van der Waals surface area contributed by atoms with Gasteiger partial charge in [-0.3, -0.25) is 9.63 Å². The fourth-order valence-electron chi connectivity index (χ4n) is 3.76. The Morgan fingerprint density at radius 2 is 2.14 bits per heavy atom. The first-order chi connectivity index (χ1) is 17.5. The Morgan fingerprint density at radius 3 is 2.81 bits per heavy atom. The first-order valence-electron chi connectivity index (χ1n) is 12.5. The summed E-state index contributed by atoms with van der Waals surface area (Å²) in [6, 6.07) is -0.0955. The van der Waals surface area contributed by atoms with Gasteiger partial charge in [0.05, 0.1) is 19.2 Å². The van der Waals surface area contributed by atoms with Gasteiger partial charge in [-0.2, -0.15) is 15.3 Å². The minimum Gasteiger partial charge on any atom is -0.357 e. The van der Waals surface area contributed by atoms with E-state index in [1.807, 2.05) is 18.9 Å². The molecule has 1 fully saturated rings. The first kappa shape index (κ1) is 27.7. The van der Waals surface area contributed by atoms with E-state index in [4.69, 9.17) is 9.82 Å². The summed E-state index contributed by atoms with van der Waals surface area (Å²) in [5, 5.41) is 14.1. The van der Waals surface area contributed by atoms with Crippen molar-refractivity contribution in [1.82, 2.24) is 20.0 Å². The van der Waals surface area contributed by atoms with Crippen LogP contribution in [0.5, 0.6) is 0 Å². The molecule has 2 unspecified atom stereocenters. The number of carbonyl (C=O) groups excluding carboxylic acids is 1. The summed E-state index contributed by atoms with van der Waals surface area (Å²) in [4.78, 5) is 32.0. The van der Waals surface area contributed by atoms with Gasteiger partial charge in [-0.05, 0) is 25.0 Å². The van der Waals surface area contributed by atoms with Crippen LogP contribution in [0.4, 0.5) is 11.8 Å². The highest BCUT2D eigenvalue weighted by molar-refractivity contribution is 8.00. The van der Waals surface area contributed by atoms with Crippen LogP contribution in [0.25, 0.3) is 6.08 Å². The Bertz CT molecular complexity index is 962. The van der Waals surface area contributed by atoms with Crippen molar-refractivity contribution in [2.45, 2.75) is 49.4 Å². The van der Waals surface area contributed by atoms with E-state index in [9.17, 15) is 4.79 Å². The number of anilines is 2. The number of amides is 1. The van der Waals surface area contributed by atoms with Crippen molar-refractivity contribution in [1.29, 1.82) is 0 Å². The Hall–Kier alpha value is -2.92. The molecule has 10 nitrogen and oxygen atoms in total. The van der Waals surface area contributed by atoms with Gasteiger partial charge in [0, 0.05) is 50.5 Å². The Morgan fingerprint density at radius 1 is 1.36 bits per heavy atom. The summed E-state index contributed by atoms with van der Waals surface area (Å²) in [6.45, 7) is 15.1. The van der Waals surface area contributed by atoms with Gasteiger partial charge in [-0.15, -0.1) is 13.2 Å². The standard InChI is InChI=1S/C25H38N8O2S/c1-6-13-33(30-29-19(4)7-2)35-18-9-10-22(34)31-14-16-32(17-15-31)23-21-12-11-20(8-3)36-24(21)28-25(26-5)27-23/h6-7,11-12,19-20H,1-2,8-10,13-18H2,3-5H3,(H,26,27,28). The molecular weight excluding hydrogens is 476 g/mol. The van der Waals surface area contributed by atoms with Crippen LogP contribution in [0.3, 0.4) is 0 Å². The molecule has 36 heavy (non-hydrogen) atoms. The molecule has 0 saturated carbocycles. The normalized spacial score (nSPS) is 18.1. The molecular formula is C25H38N8O2S. The third kappa shape index (κ3) is 7.54. The smallest absolute Gasteiger partial charge is 0.225 e. The quantitative estimate of drug-likeness (QED) is 0.137. The van der Waals surface area contributed by atoms with Crippen molar-refractivity contribution in [2.75, 3.05) is 56.6 Å². The van der Waals surface area contributed by atoms with Crippen LogP contribution in [0.2, 0.25) is 0 Å². The third-order valence-electron chi connectivity index (χ3n) is 5.92. The number of fused-ring (bicyclic) bond motifs is 1. The van der Waals surface area contributed by atoms with E-state index >= 15 is 0 Å². The van der Waals surface area contributed by atoms with Crippen molar-refractivity contribution in [3.05, 3.63) is 36.9 Å². The fraction of sp³-hybridized carbons (Fsp3) is 0.560. The van der Waals surface area contributed by atoms with E-state index in [-0.39, 0.29) is 11.9 Å². The van der Waals surface area contributed by atoms with Crippen LogP contribution in [0.15, 0.2) is 46.7 Å². The molecule has 0 spiro atoms. The SMILES string of the molecule is C=CCN(N=NC(C)C=C)OCCCC(=O)N1CCN(c2nc(NC)nc3c2C=CC(CC)S3)CC1. The average molecular weight is 515 g/mol. The Labute approximate surface area is 218 Å². The molecule has 2 aliphatic heterocycles. The fourth-order valence-corrected chi connectivity index (χ4v) is 4.80. The van der Waals surface area contributed by atoms with Gasteiger partial charge in [0.15, 0.2) is 0 Å². The van der Waals surface area contributed by atoms with Gasteiger partial charge >= 0.3 is 0 Å². The molecule has 11 heteroatoms. The molecule has 0 aliphatic carbocycles. The molecule has 3 heterocycles. The van der Waals surface area contributed by atoms with E-state index in [1.54, 1.807) is 23.9 Å². The van der Waals surface area contributed by atoms with E-state index in [0.29, 0.717) is 50.3 Å². The summed E-state index contributed by atoms with van der Waals surface area (Å²) in [5.41, 5.74) is 1.07. The predicted molar refractivity (Wildman–Crippen MR) is 146 cm³/mol. The molecule has 196 valence electrons. The number of aromatic nitrogens is 2. The second kappa shape index (κ2) is 14.0. The van der Waals surface area contributed by atoms with Crippen molar-refractivity contribution < 1.29 is 9.63 Å². The summed E-state index contributed by atoms with van der Waals surface area (Å²) < 4.78 is 0. The largest absolute Gasteiger partial charge is 0.357 e. The number of carbonyl (C=O) groups is 1. The topological polar surface area (TPSA) is 98.5 Å². The molecule has 0 aromatic carbocycles. The summed E-state index contributed by atoms with van der Waals surface area (Å²) in [6.07, 6.45) is 9.86. The maximum atomic E-state index is 12.8. The minimum absolute atomic E-state index is 0.0955. The first-order valence-corrected chi connectivity index (χ1v) is 13.4. The van der Waals surface area contributed by atoms with Gasteiger partial charge in [0.2, 0.25) is 11.9 Å². The lowest BCUT2D eigenvalue weighted by atomic mass is 10.2. The van der Waals surface area contributed by atoms with Gasteiger partial charge in [-0.1, -0.05) is 43.0 Å². The van der Waals surface area contributed by atoms with E-state index in [2.05, 4.69) is 57.8 Å². The molecule has 1 aromatic heterocycles. The zero-order valence-electron chi connectivity index (χ0n) is 21.6. The van der Waals surface area contributed by atoms with Gasteiger partial charge in [-0.25, -0.2) is 4.98 Å². The third-order valence-corrected chi connectivity index (χ3v) is 7.25. The Balaban J connectivity index is 1.49. The molecule has 3 rings (SSSR count). The molecule has 2 atom stereocenters. The van der Waals surface area contributed by atoms with Crippen molar-refractivity contribution in [3.63, 3.8) is 0 Å². The molecule has 1 amide bonds. The maximum Gasteiger partial charge on any atom is 0.225 e. The number of hydroxylamine groups is 1. The summed E-state index contributed by atoms with van der Waals surface area (Å²) >= 11 is 1.78. The number of rotatable bonds is 13. The lowest BCUT2D eigenvalue weighted by Gasteiger charge is -2.36. The lowest BCUT2D eigenvalue weighted by Crippen LogP contribution is -2.49. The molecule has 1 aromatic rings. The number of hydrogen-bond acceptors (Lipinski definition) is 9. The van der Waals surface area contributed by atoms with Crippen LogP contribution >= 0.6 is 11.8 Å². The maximum absolute atomic E-state index is 12.8. The molecule has 1 N–H and O–H groups in total. The molecule has 0 bridgehead atoms. The molecule has 1 saturated heterocycles. The molecule has 0 radical (unpaired) electrons. The number of piperazine rings is 1. The monoisotopic (exact) mass is 514 g/mol. The highest BCUT2D eigenvalue weighted by atomic mass is 32.2. The zero-order valence-corrected chi connectivity index (χ0v) is 22.4. The number of nitrogens with one attached hydrogen (secondary N) is 1. The average Bonchev–Trinajstić information content (AvgIpc) is 2.92. The summed E-state index contributed by atoms with van der Waals surface area (Å²) in [7, 11) is 1.84. The van der Waals surface area contributed by atoms with E-state index < -0.39 is 0 Å². The van der Waals surface area contributed by atoms with Crippen molar-refractivity contribution >= 4 is 35.5 Å². The van der Waals surface area contributed by atoms with Gasteiger partial charge < -0.3 is 15.1 Å². The van der Waals surface area contributed by atoms with Crippen molar-refractivity contribution in [2.24, 2.45) is 10.3 Å². The highest BCUT2D eigenvalue weighted by Crippen LogP contribution is 2.38. The highest BCUT2D eigenvalue weighted by Gasteiger charge is 2.27. The van der Waals surface area contributed by atoms with Crippen molar-refractivity contribution in [3.8, 4) is 0 Å². The number of thioether (sulfide) groups is 1. The number of hydrogen-bond donors (Lipinski definition) is 1. The molecule has 2 aliphatic rings. The van der Waals surface area contributed by atoms with E-state index in [1.165, 1.54) is 5.17 Å². The minimum atomic E-state index is -0.0955. The second-order valence-electron chi connectivity index (χ2n) is 8.57. The van der Waals surface area contributed by atoms with Crippen LogP contribution in [-0.4, -0.2) is 83.6 Å². The van der Waals surface area contributed by atoms with Crippen LogP contribution in [0.1, 0.15) is 38.7 Å². The van der Waals surface area contributed by atoms with Gasteiger partial charge in [0.25, 0.3) is 0 Å². The summed E-state index contributed by atoms with van der Waals surface area (Å²) in [5.74, 6) is 1.70. The van der Waals surface area contributed by atoms with Crippen LogP contribution < -0.4 is 10.2 Å². The van der Waals surface area contributed by atoms with E-state index in [0.717, 1.165) is 35.9 Å². The van der Waals surface area contributed by atoms with Gasteiger partial charge in [0.1, 0.15) is 10.8 Å². The zero-order chi connectivity index (χ0) is 25.9.